The molecular weight excluding hydrogens is 292 g/mol. The third-order valence-corrected chi connectivity index (χ3v) is 3.41. The average molecular weight is 307 g/mol. The van der Waals surface area contributed by atoms with Crippen molar-refractivity contribution in [3.8, 4) is 5.69 Å². The molecule has 1 aliphatic heterocycles. The minimum absolute atomic E-state index is 0.0276. The highest BCUT2D eigenvalue weighted by Crippen LogP contribution is 2.27. The molecule has 1 aromatic carbocycles. The molecule has 6 nitrogen and oxygen atoms in total. The second-order valence-electron chi connectivity index (χ2n) is 4.89. The third-order valence-electron chi connectivity index (χ3n) is 3.41. The molecule has 1 fully saturated rings. The van der Waals surface area contributed by atoms with Crippen molar-refractivity contribution < 1.29 is 13.5 Å². The standard InChI is InChI=1S/C14H15F2N5O/c1-17-8-10-9-21(19-18-10)11-6-12(15)14(13(16)7-11)20-2-4-22-5-3-20/h6-7,9H,1-5,8H2. The largest absolute Gasteiger partial charge is 0.378 e. The lowest BCUT2D eigenvalue weighted by molar-refractivity contribution is 0.122. The maximum Gasteiger partial charge on any atom is 0.151 e. The number of aliphatic imine (C=N–C) groups is 1. The fraction of sp³-hybridized carbons (Fsp3) is 0.357. The number of hydrogen-bond donors (Lipinski definition) is 0. The summed E-state index contributed by atoms with van der Waals surface area (Å²) >= 11 is 0. The molecule has 0 saturated carbocycles. The van der Waals surface area contributed by atoms with E-state index in [1.807, 2.05) is 0 Å². The molecule has 8 heteroatoms. The van der Waals surface area contributed by atoms with E-state index in [9.17, 15) is 8.78 Å². The molecule has 0 atom stereocenters. The molecule has 0 aliphatic carbocycles. The minimum Gasteiger partial charge on any atom is -0.378 e. The number of rotatable bonds is 4. The van der Waals surface area contributed by atoms with Gasteiger partial charge in [-0.05, 0) is 6.72 Å². The lowest BCUT2D eigenvalue weighted by Gasteiger charge is -2.29. The first-order valence-electron chi connectivity index (χ1n) is 6.85. The van der Waals surface area contributed by atoms with Crippen molar-refractivity contribution in [3.05, 3.63) is 35.7 Å². The molecule has 0 spiro atoms. The molecule has 0 radical (unpaired) electrons. The number of halogens is 2. The van der Waals surface area contributed by atoms with Crippen LogP contribution in [-0.2, 0) is 11.3 Å². The van der Waals surface area contributed by atoms with Crippen molar-refractivity contribution >= 4 is 12.4 Å². The van der Waals surface area contributed by atoms with E-state index < -0.39 is 11.6 Å². The van der Waals surface area contributed by atoms with Crippen molar-refractivity contribution in [3.63, 3.8) is 0 Å². The molecule has 2 heterocycles. The normalized spacial score (nSPS) is 15.1. The van der Waals surface area contributed by atoms with Gasteiger partial charge < -0.3 is 9.64 Å². The average Bonchev–Trinajstić information content (AvgIpc) is 2.97. The van der Waals surface area contributed by atoms with Crippen LogP contribution in [0, 0.1) is 11.6 Å². The first-order valence-corrected chi connectivity index (χ1v) is 6.85. The molecular formula is C14H15F2N5O. The summed E-state index contributed by atoms with van der Waals surface area (Å²) in [7, 11) is 0. The summed E-state index contributed by atoms with van der Waals surface area (Å²) in [5.41, 5.74) is 0.822. The molecule has 1 aliphatic rings. The highest BCUT2D eigenvalue weighted by atomic mass is 19.1. The van der Waals surface area contributed by atoms with Crippen LogP contribution in [0.25, 0.3) is 5.69 Å². The quantitative estimate of drug-likeness (QED) is 0.805. The third kappa shape index (κ3) is 2.82. The number of morpholine rings is 1. The summed E-state index contributed by atoms with van der Waals surface area (Å²) in [6, 6.07) is 2.49. The van der Waals surface area contributed by atoms with Crippen molar-refractivity contribution in [2.45, 2.75) is 6.54 Å². The fourth-order valence-corrected chi connectivity index (χ4v) is 2.39. The Labute approximate surface area is 126 Å². The maximum absolute atomic E-state index is 14.3. The fourth-order valence-electron chi connectivity index (χ4n) is 2.39. The molecule has 1 saturated heterocycles. The smallest absolute Gasteiger partial charge is 0.151 e. The van der Waals surface area contributed by atoms with Crippen LogP contribution in [0.15, 0.2) is 23.3 Å². The lowest BCUT2D eigenvalue weighted by atomic mass is 10.2. The number of benzene rings is 1. The van der Waals surface area contributed by atoms with Crippen LogP contribution in [0.3, 0.4) is 0 Å². The Hall–Kier alpha value is -2.35. The van der Waals surface area contributed by atoms with Gasteiger partial charge in [0, 0.05) is 25.2 Å². The Kier molecular flexibility index (Phi) is 4.10. The van der Waals surface area contributed by atoms with Crippen molar-refractivity contribution in [1.82, 2.24) is 15.0 Å². The first-order chi connectivity index (χ1) is 10.7. The zero-order valence-electron chi connectivity index (χ0n) is 11.9. The van der Waals surface area contributed by atoms with E-state index in [1.165, 1.54) is 16.8 Å². The Morgan fingerprint density at radius 3 is 2.55 bits per heavy atom. The van der Waals surface area contributed by atoms with E-state index >= 15 is 0 Å². The van der Waals surface area contributed by atoms with Crippen LogP contribution in [0.5, 0.6) is 0 Å². The summed E-state index contributed by atoms with van der Waals surface area (Å²) in [6.07, 6.45) is 1.57. The van der Waals surface area contributed by atoms with Crippen LogP contribution in [-0.4, -0.2) is 48.0 Å². The van der Waals surface area contributed by atoms with Crippen LogP contribution in [0.1, 0.15) is 5.69 Å². The summed E-state index contributed by atoms with van der Waals surface area (Å²) in [5.74, 6) is -1.26. The Morgan fingerprint density at radius 2 is 1.91 bits per heavy atom. The number of nitrogens with zero attached hydrogens (tertiary/aromatic N) is 5. The van der Waals surface area contributed by atoms with Crippen molar-refractivity contribution in [2.24, 2.45) is 4.99 Å². The predicted octanol–water partition coefficient (Wildman–Crippen LogP) is 1.58. The Morgan fingerprint density at radius 1 is 1.23 bits per heavy atom. The zero-order chi connectivity index (χ0) is 15.5. The molecule has 116 valence electrons. The SMILES string of the molecule is C=NCc1cn(-c2cc(F)c(N3CCOCC3)c(F)c2)nn1. The van der Waals surface area contributed by atoms with E-state index in [4.69, 9.17) is 4.74 Å². The monoisotopic (exact) mass is 307 g/mol. The Bertz CT molecular complexity index is 659. The number of anilines is 1. The van der Waals surface area contributed by atoms with Gasteiger partial charge in [0.15, 0.2) is 11.6 Å². The highest BCUT2D eigenvalue weighted by molar-refractivity contribution is 5.54. The molecule has 1 aromatic heterocycles. The van der Waals surface area contributed by atoms with Crippen LogP contribution in [0.2, 0.25) is 0 Å². The van der Waals surface area contributed by atoms with E-state index in [0.29, 0.717) is 38.5 Å². The van der Waals surface area contributed by atoms with Crippen molar-refractivity contribution in [2.75, 3.05) is 31.2 Å². The minimum atomic E-state index is -0.629. The van der Waals surface area contributed by atoms with Gasteiger partial charge in [-0.1, -0.05) is 5.21 Å². The highest BCUT2D eigenvalue weighted by Gasteiger charge is 2.21. The van der Waals surface area contributed by atoms with E-state index in [0.717, 1.165) is 0 Å². The number of ether oxygens (including phenoxy) is 1. The summed E-state index contributed by atoms with van der Waals surface area (Å²) in [6.45, 7) is 5.52. The van der Waals surface area contributed by atoms with E-state index in [-0.39, 0.29) is 11.4 Å². The second-order valence-corrected chi connectivity index (χ2v) is 4.89. The number of aromatic nitrogens is 3. The van der Waals surface area contributed by atoms with Gasteiger partial charge in [-0.15, -0.1) is 5.10 Å². The first kappa shape index (κ1) is 14.6. The molecule has 0 N–H and O–H groups in total. The van der Waals surface area contributed by atoms with Crippen LogP contribution < -0.4 is 4.90 Å². The van der Waals surface area contributed by atoms with Crippen LogP contribution >= 0.6 is 0 Å². The topological polar surface area (TPSA) is 55.5 Å². The van der Waals surface area contributed by atoms with Gasteiger partial charge in [-0.25, -0.2) is 13.5 Å². The van der Waals surface area contributed by atoms with Gasteiger partial charge >= 0.3 is 0 Å². The van der Waals surface area contributed by atoms with Crippen LogP contribution in [0.4, 0.5) is 14.5 Å². The molecule has 3 rings (SSSR count). The molecule has 2 aromatic rings. The molecule has 0 bridgehead atoms. The predicted molar refractivity (Wildman–Crippen MR) is 77.6 cm³/mol. The molecule has 22 heavy (non-hydrogen) atoms. The molecule has 0 amide bonds. The zero-order valence-corrected chi connectivity index (χ0v) is 11.9. The maximum atomic E-state index is 14.3. The van der Waals surface area contributed by atoms with Gasteiger partial charge in [-0.3, -0.25) is 4.99 Å². The van der Waals surface area contributed by atoms with Gasteiger partial charge in [0.2, 0.25) is 0 Å². The van der Waals surface area contributed by atoms with Gasteiger partial charge in [0.1, 0.15) is 11.4 Å². The second kappa shape index (κ2) is 6.18. The summed E-state index contributed by atoms with van der Waals surface area (Å²) in [4.78, 5) is 5.34. The van der Waals surface area contributed by atoms with Gasteiger partial charge in [0.25, 0.3) is 0 Å². The van der Waals surface area contributed by atoms with E-state index in [2.05, 4.69) is 22.0 Å². The lowest BCUT2D eigenvalue weighted by Crippen LogP contribution is -2.37. The Balaban J connectivity index is 1.92. The van der Waals surface area contributed by atoms with Crippen molar-refractivity contribution in [1.29, 1.82) is 0 Å². The number of hydrogen-bond acceptors (Lipinski definition) is 5. The molecule has 0 unspecified atom stereocenters. The van der Waals surface area contributed by atoms with Gasteiger partial charge in [0.05, 0.1) is 31.6 Å². The van der Waals surface area contributed by atoms with Gasteiger partial charge in [-0.2, -0.15) is 0 Å². The van der Waals surface area contributed by atoms with E-state index in [1.54, 1.807) is 11.1 Å². The summed E-state index contributed by atoms with van der Waals surface area (Å²) < 4.78 is 35.2. The summed E-state index contributed by atoms with van der Waals surface area (Å²) in [5, 5.41) is 7.70.